The SMILES string of the molecule is CC(C)(C)[CH]CO. The summed E-state index contributed by atoms with van der Waals surface area (Å²) < 4.78 is 0. The Morgan fingerprint density at radius 2 is 1.86 bits per heavy atom. The van der Waals surface area contributed by atoms with Crippen LogP contribution >= 0.6 is 0 Å². The van der Waals surface area contributed by atoms with Gasteiger partial charge in [0, 0.05) is 6.61 Å². The van der Waals surface area contributed by atoms with E-state index in [2.05, 4.69) is 20.8 Å². The highest BCUT2D eigenvalue weighted by Crippen LogP contribution is 2.15. The molecule has 0 fully saturated rings. The molecule has 0 aromatic carbocycles. The van der Waals surface area contributed by atoms with E-state index < -0.39 is 0 Å². The van der Waals surface area contributed by atoms with Gasteiger partial charge >= 0.3 is 0 Å². The molecule has 43 valence electrons. The van der Waals surface area contributed by atoms with Crippen LogP contribution in [0.3, 0.4) is 0 Å². The van der Waals surface area contributed by atoms with Gasteiger partial charge in [-0.2, -0.15) is 0 Å². The van der Waals surface area contributed by atoms with E-state index >= 15 is 0 Å². The third-order valence-corrected chi connectivity index (χ3v) is 0.704. The summed E-state index contributed by atoms with van der Waals surface area (Å²) in [5.74, 6) is 0. The van der Waals surface area contributed by atoms with E-state index in [-0.39, 0.29) is 12.0 Å². The summed E-state index contributed by atoms with van der Waals surface area (Å²) in [7, 11) is 0. The van der Waals surface area contributed by atoms with Crippen molar-refractivity contribution >= 4 is 0 Å². The van der Waals surface area contributed by atoms with E-state index in [1.54, 1.807) is 0 Å². The van der Waals surface area contributed by atoms with Crippen LogP contribution in [0.1, 0.15) is 20.8 Å². The summed E-state index contributed by atoms with van der Waals surface area (Å²) in [6.45, 7) is 6.36. The Hall–Kier alpha value is -0.0400. The molecule has 1 N–H and O–H groups in total. The first-order chi connectivity index (χ1) is 3.06. The highest BCUT2D eigenvalue weighted by atomic mass is 16.3. The molecular formula is C6H13O. The maximum atomic E-state index is 8.35. The van der Waals surface area contributed by atoms with Crippen molar-refractivity contribution in [2.75, 3.05) is 6.61 Å². The molecule has 0 atom stereocenters. The van der Waals surface area contributed by atoms with Crippen LogP contribution in [0.4, 0.5) is 0 Å². The Balaban J connectivity index is 3.15. The molecule has 0 aliphatic carbocycles. The first-order valence-electron chi connectivity index (χ1n) is 2.51. The van der Waals surface area contributed by atoms with E-state index in [0.29, 0.717) is 0 Å². The van der Waals surface area contributed by atoms with Crippen molar-refractivity contribution in [3.8, 4) is 0 Å². The summed E-state index contributed by atoms with van der Waals surface area (Å²) in [5.41, 5.74) is 0.175. The Morgan fingerprint density at radius 1 is 1.43 bits per heavy atom. The third-order valence-electron chi connectivity index (χ3n) is 0.704. The van der Waals surface area contributed by atoms with Gasteiger partial charge in [-0.15, -0.1) is 0 Å². The van der Waals surface area contributed by atoms with Gasteiger partial charge in [-0.25, -0.2) is 0 Å². The fourth-order valence-electron chi connectivity index (χ4n) is 0.274. The van der Waals surface area contributed by atoms with Gasteiger partial charge in [-0.05, 0) is 11.8 Å². The lowest BCUT2D eigenvalue weighted by Gasteiger charge is -2.14. The molecule has 0 saturated heterocycles. The number of hydrogen-bond donors (Lipinski definition) is 1. The lowest BCUT2D eigenvalue weighted by atomic mass is 9.93. The standard InChI is InChI=1S/C6H13O/c1-6(2,3)4-5-7/h4,7H,5H2,1-3H3. The summed E-state index contributed by atoms with van der Waals surface area (Å²) in [6.07, 6.45) is 1.87. The Labute approximate surface area is 45.4 Å². The van der Waals surface area contributed by atoms with Crippen LogP contribution in [0.5, 0.6) is 0 Å². The van der Waals surface area contributed by atoms with Crippen molar-refractivity contribution in [2.24, 2.45) is 5.41 Å². The molecule has 1 heteroatoms. The van der Waals surface area contributed by atoms with Crippen LogP contribution < -0.4 is 0 Å². The lowest BCUT2D eigenvalue weighted by molar-refractivity contribution is 0.290. The molecule has 0 heterocycles. The summed E-state index contributed by atoms with van der Waals surface area (Å²) >= 11 is 0. The monoisotopic (exact) mass is 101 g/mol. The van der Waals surface area contributed by atoms with Gasteiger partial charge in [0.15, 0.2) is 0 Å². The summed E-state index contributed by atoms with van der Waals surface area (Å²) in [6, 6.07) is 0. The molecule has 0 amide bonds. The Kier molecular flexibility index (Phi) is 2.30. The van der Waals surface area contributed by atoms with Crippen molar-refractivity contribution in [1.29, 1.82) is 0 Å². The molecule has 0 unspecified atom stereocenters. The zero-order chi connectivity index (χ0) is 5.91. The van der Waals surface area contributed by atoms with Crippen LogP contribution in [0.2, 0.25) is 0 Å². The highest BCUT2D eigenvalue weighted by Gasteiger charge is 2.07. The van der Waals surface area contributed by atoms with Gasteiger partial charge in [0.25, 0.3) is 0 Å². The van der Waals surface area contributed by atoms with E-state index in [1.807, 2.05) is 6.42 Å². The fourth-order valence-corrected chi connectivity index (χ4v) is 0.274. The number of aliphatic hydroxyl groups excluding tert-OH is 1. The third kappa shape index (κ3) is 5.96. The first kappa shape index (κ1) is 6.96. The van der Waals surface area contributed by atoms with Gasteiger partial charge in [-0.1, -0.05) is 20.8 Å². The molecule has 1 nitrogen and oxygen atoms in total. The second-order valence-corrected chi connectivity index (χ2v) is 2.75. The molecule has 0 aliphatic rings. The zero-order valence-electron chi connectivity index (χ0n) is 5.23. The van der Waals surface area contributed by atoms with Gasteiger partial charge in [-0.3, -0.25) is 0 Å². The predicted molar refractivity (Wildman–Crippen MR) is 30.8 cm³/mol. The zero-order valence-corrected chi connectivity index (χ0v) is 5.23. The van der Waals surface area contributed by atoms with Crippen LogP contribution in [-0.4, -0.2) is 11.7 Å². The molecular weight excluding hydrogens is 88.1 g/mol. The second kappa shape index (κ2) is 2.31. The molecule has 7 heavy (non-hydrogen) atoms. The van der Waals surface area contributed by atoms with Gasteiger partial charge < -0.3 is 5.11 Å². The molecule has 0 spiro atoms. The molecule has 0 saturated carbocycles. The minimum Gasteiger partial charge on any atom is -0.396 e. The van der Waals surface area contributed by atoms with Crippen LogP contribution in [0, 0.1) is 11.8 Å². The molecule has 0 bridgehead atoms. The lowest BCUT2D eigenvalue weighted by Crippen LogP contribution is -2.07. The number of hydrogen-bond acceptors (Lipinski definition) is 1. The topological polar surface area (TPSA) is 20.2 Å². The summed E-state index contributed by atoms with van der Waals surface area (Å²) in [4.78, 5) is 0. The quantitative estimate of drug-likeness (QED) is 0.526. The van der Waals surface area contributed by atoms with Crippen molar-refractivity contribution in [2.45, 2.75) is 20.8 Å². The molecule has 0 aromatic heterocycles. The maximum absolute atomic E-state index is 8.35. The normalized spacial score (nSPS) is 12.0. The van der Waals surface area contributed by atoms with Crippen molar-refractivity contribution < 1.29 is 5.11 Å². The Morgan fingerprint density at radius 3 is 1.86 bits per heavy atom. The van der Waals surface area contributed by atoms with Crippen molar-refractivity contribution in [3.05, 3.63) is 6.42 Å². The average Bonchev–Trinajstić information content (AvgIpc) is 1.30. The van der Waals surface area contributed by atoms with Crippen LogP contribution in [0.15, 0.2) is 0 Å². The molecule has 0 aromatic rings. The number of aliphatic hydroxyl groups is 1. The molecule has 1 radical (unpaired) electrons. The van der Waals surface area contributed by atoms with Gasteiger partial charge in [0.2, 0.25) is 0 Å². The highest BCUT2D eigenvalue weighted by molar-refractivity contribution is 4.78. The largest absolute Gasteiger partial charge is 0.396 e. The summed E-state index contributed by atoms with van der Waals surface area (Å²) in [5, 5.41) is 8.35. The predicted octanol–water partition coefficient (Wildman–Crippen LogP) is 1.23. The maximum Gasteiger partial charge on any atom is 0.0467 e. The minimum atomic E-state index is 0.175. The van der Waals surface area contributed by atoms with Crippen molar-refractivity contribution in [1.82, 2.24) is 0 Å². The minimum absolute atomic E-state index is 0.175. The first-order valence-corrected chi connectivity index (χ1v) is 2.51. The van der Waals surface area contributed by atoms with Crippen LogP contribution in [-0.2, 0) is 0 Å². The van der Waals surface area contributed by atoms with E-state index in [9.17, 15) is 0 Å². The van der Waals surface area contributed by atoms with Crippen molar-refractivity contribution in [3.63, 3.8) is 0 Å². The molecule has 0 rings (SSSR count). The van der Waals surface area contributed by atoms with E-state index in [1.165, 1.54) is 0 Å². The van der Waals surface area contributed by atoms with Gasteiger partial charge in [0.05, 0.1) is 0 Å². The number of rotatable bonds is 1. The molecule has 0 aliphatic heterocycles. The average molecular weight is 101 g/mol. The van der Waals surface area contributed by atoms with E-state index in [4.69, 9.17) is 5.11 Å². The fraction of sp³-hybridized carbons (Fsp3) is 0.833. The van der Waals surface area contributed by atoms with Gasteiger partial charge in [0.1, 0.15) is 0 Å². The smallest absolute Gasteiger partial charge is 0.0467 e. The second-order valence-electron chi connectivity index (χ2n) is 2.75. The van der Waals surface area contributed by atoms with E-state index in [0.717, 1.165) is 0 Å². The Bertz CT molecular complexity index is 42.6. The van der Waals surface area contributed by atoms with Crippen LogP contribution in [0.25, 0.3) is 0 Å².